The van der Waals surface area contributed by atoms with Crippen molar-refractivity contribution < 1.29 is 22.8 Å². The van der Waals surface area contributed by atoms with E-state index in [-0.39, 0.29) is 0 Å². The molecule has 2 aromatic carbocycles. The van der Waals surface area contributed by atoms with Crippen LogP contribution in [0.4, 0.5) is 18.9 Å². The maximum atomic E-state index is 13.2. The Morgan fingerprint density at radius 3 is 2.50 bits per heavy atom. The van der Waals surface area contributed by atoms with Crippen molar-refractivity contribution in [1.82, 2.24) is 4.57 Å². The number of hydrogen-bond acceptors (Lipinski definition) is 3. The Kier molecular flexibility index (Phi) is 6.25. The predicted octanol–water partition coefficient (Wildman–Crippen LogP) is 5.33. The first-order valence-corrected chi connectivity index (χ1v) is 9.19. The fourth-order valence-corrected chi connectivity index (χ4v) is 2.95. The monoisotopic (exact) mass is 415 g/mol. The van der Waals surface area contributed by atoms with Crippen molar-refractivity contribution in [3.63, 3.8) is 0 Å². The maximum Gasteiger partial charge on any atom is 0.418 e. The van der Waals surface area contributed by atoms with Crippen LogP contribution in [0.3, 0.4) is 0 Å². The van der Waals surface area contributed by atoms with Gasteiger partial charge in [-0.15, -0.1) is 0 Å². The number of aromatic nitrogens is 1. The van der Waals surface area contributed by atoms with E-state index in [4.69, 9.17) is 4.84 Å². The van der Waals surface area contributed by atoms with Crippen LogP contribution in [-0.2, 0) is 18.1 Å². The van der Waals surface area contributed by atoms with Crippen molar-refractivity contribution in [3.8, 4) is 11.1 Å². The Morgan fingerprint density at radius 2 is 1.83 bits per heavy atom. The second kappa shape index (κ2) is 8.86. The SMILES string of the molecule is CCO/N=C/c1ccc(-c2ccccc2NC(=O)c2cn(C)cc2C(F)(F)F)cc1. The van der Waals surface area contributed by atoms with Gasteiger partial charge in [0, 0.05) is 30.7 Å². The molecule has 0 unspecified atom stereocenters. The van der Waals surface area contributed by atoms with Gasteiger partial charge in [-0.3, -0.25) is 4.79 Å². The molecule has 0 radical (unpaired) electrons. The molecule has 30 heavy (non-hydrogen) atoms. The molecule has 1 aromatic heterocycles. The van der Waals surface area contributed by atoms with E-state index in [2.05, 4.69) is 10.5 Å². The highest BCUT2D eigenvalue weighted by Gasteiger charge is 2.36. The standard InChI is InChI=1S/C22H20F3N3O2/c1-3-30-26-12-15-8-10-16(11-9-15)17-6-4-5-7-20(17)27-21(29)18-13-28(2)14-19(18)22(23,24)25/h4-14H,3H2,1-2H3,(H,27,29)/b26-12+. The van der Waals surface area contributed by atoms with Crippen LogP contribution in [0.5, 0.6) is 0 Å². The second-order valence-electron chi connectivity index (χ2n) is 6.52. The number of para-hydroxylation sites is 1. The first-order chi connectivity index (χ1) is 14.3. The number of hydrogen-bond donors (Lipinski definition) is 1. The average Bonchev–Trinajstić information content (AvgIpc) is 3.12. The average molecular weight is 415 g/mol. The van der Waals surface area contributed by atoms with E-state index < -0.39 is 23.2 Å². The van der Waals surface area contributed by atoms with Gasteiger partial charge in [0.15, 0.2) is 0 Å². The third-order valence-electron chi connectivity index (χ3n) is 4.31. The molecule has 0 atom stereocenters. The first kappa shape index (κ1) is 21.2. The summed E-state index contributed by atoms with van der Waals surface area (Å²) in [5.41, 5.74) is 1.32. The third-order valence-corrected chi connectivity index (χ3v) is 4.31. The zero-order valence-electron chi connectivity index (χ0n) is 16.4. The predicted molar refractivity (Wildman–Crippen MR) is 109 cm³/mol. The van der Waals surface area contributed by atoms with E-state index >= 15 is 0 Å². The van der Waals surface area contributed by atoms with Crippen LogP contribution in [0.1, 0.15) is 28.4 Å². The lowest BCUT2D eigenvalue weighted by molar-refractivity contribution is -0.137. The summed E-state index contributed by atoms with van der Waals surface area (Å²) in [6.07, 6.45) is -0.988. The van der Waals surface area contributed by atoms with Gasteiger partial charge in [-0.2, -0.15) is 13.2 Å². The van der Waals surface area contributed by atoms with E-state index in [0.29, 0.717) is 17.9 Å². The van der Waals surface area contributed by atoms with Crippen LogP contribution < -0.4 is 5.32 Å². The Labute approximate surface area is 171 Å². The molecule has 156 valence electrons. The van der Waals surface area contributed by atoms with Gasteiger partial charge in [-0.1, -0.05) is 47.6 Å². The molecule has 0 spiro atoms. The summed E-state index contributed by atoms with van der Waals surface area (Å²) in [5.74, 6) is -0.823. The number of alkyl halides is 3. The van der Waals surface area contributed by atoms with Crippen LogP contribution in [0.2, 0.25) is 0 Å². The van der Waals surface area contributed by atoms with E-state index in [1.807, 2.05) is 31.2 Å². The van der Waals surface area contributed by atoms with Gasteiger partial charge in [-0.05, 0) is 24.1 Å². The molecule has 8 heteroatoms. The fourth-order valence-electron chi connectivity index (χ4n) is 2.95. The number of carbonyl (C=O) groups is 1. The van der Waals surface area contributed by atoms with E-state index in [0.717, 1.165) is 23.5 Å². The molecule has 0 fully saturated rings. The number of anilines is 1. The summed E-state index contributed by atoms with van der Waals surface area (Å²) < 4.78 is 40.9. The highest BCUT2D eigenvalue weighted by molar-refractivity contribution is 6.07. The zero-order valence-corrected chi connectivity index (χ0v) is 16.4. The summed E-state index contributed by atoms with van der Waals surface area (Å²) in [6.45, 7) is 2.30. The molecular weight excluding hydrogens is 395 g/mol. The number of amides is 1. The Hall–Kier alpha value is -3.55. The highest BCUT2D eigenvalue weighted by atomic mass is 19.4. The highest BCUT2D eigenvalue weighted by Crippen LogP contribution is 2.34. The normalized spacial score (nSPS) is 11.6. The zero-order chi connectivity index (χ0) is 21.7. The molecule has 5 nitrogen and oxygen atoms in total. The van der Waals surface area contributed by atoms with Crippen LogP contribution >= 0.6 is 0 Å². The number of nitrogens with zero attached hydrogens (tertiary/aromatic N) is 2. The van der Waals surface area contributed by atoms with Crippen molar-refractivity contribution in [3.05, 3.63) is 77.6 Å². The number of rotatable bonds is 6. The fraction of sp³-hybridized carbons (Fsp3) is 0.182. The lowest BCUT2D eigenvalue weighted by Gasteiger charge is -2.12. The third kappa shape index (κ3) is 4.89. The minimum absolute atomic E-state index is 0.412. The van der Waals surface area contributed by atoms with Gasteiger partial charge in [0.1, 0.15) is 6.61 Å². The lowest BCUT2D eigenvalue weighted by atomic mass is 10.0. The Morgan fingerprint density at radius 1 is 1.13 bits per heavy atom. The minimum atomic E-state index is -4.62. The van der Waals surface area contributed by atoms with Crippen molar-refractivity contribution in [2.75, 3.05) is 11.9 Å². The van der Waals surface area contributed by atoms with Crippen molar-refractivity contribution in [1.29, 1.82) is 0 Å². The molecule has 0 aliphatic rings. The largest absolute Gasteiger partial charge is 0.418 e. The van der Waals surface area contributed by atoms with E-state index in [9.17, 15) is 18.0 Å². The number of oxime groups is 1. The van der Waals surface area contributed by atoms with Gasteiger partial charge >= 0.3 is 6.18 Å². The van der Waals surface area contributed by atoms with Crippen molar-refractivity contribution in [2.45, 2.75) is 13.1 Å². The van der Waals surface area contributed by atoms with Crippen LogP contribution in [0.15, 0.2) is 66.1 Å². The van der Waals surface area contributed by atoms with Gasteiger partial charge in [0.25, 0.3) is 5.91 Å². The molecule has 1 N–H and O–H groups in total. The number of carbonyl (C=O) groups excluding carboxylic acids is 1. The number of aryl methyl sites for hydroxylation is 1. The summed E-state index contributed by atoms with van der Waals surface area (Å²) in [6, 6.07) is 14.3. The molecule has 0 aliphatic carbocycles. The van der Waals surface area contributed by atoms with Gasteiger partial charge in [-0.25, -0.2) is 0 Å². The molecule has 0 saturated heterocycles. The van der Waals surface area contributed by atoms with E-state index in [1.165, 1.54) is 11.6 Å². The molecule has 0 saturated carbocycles. The smallest absolute Gasteiger partial charge is 0.396 e. The van der Waals surface area contributed by atoms with Crippen molar-refractivity contribution in [2.24, 2.45) is 12.2 Å². The topological polar surface area (TPSA) is 55.6 Å². The van der Waals surface area contributed by atoms with Gasteiger partial charge < -0.3 is 14.7 Å². The lowest BCUT2D eigenvalue weighted by Crippen LogP contribution is -2.17. The summed E-state index contributed by atoms with van der Waals surface area (Å²) in [4.78, 5) is 17.6. The molecule has 3 aromatic rings. The molecular formula is C22H20F3N3O2. The van der Waals surface area contributed by atoms with Crippen LogP contribution in [0, 0.1) is 0 Å². The summed E-state index contributed by atoms with van der Waals surface area (Å²) in [7, 11) is 1.44. The van der Waals surface area contributed by atoms with Crippen molar-refractivity contribution >= 4 is 17.8 Å². The minimum Gasteiger partial charge on any atom is -0.396 e. The quantitative estimate of drug-likeness (QED) is 0.437. The molecule has 3 rings (SSSR count). The van der Waals surface area contributed by atoms with Crippen LogP contribution in [0.25, 0.3) is 11.1 Å². The Balaban J connectivity index is 1.87. The summed E-state index contributed by atoms with van der Waals surface area (Å²) in [5, 5.41) is 6.42. The van der Waals surface area contributed by atoms with Gasteiger partial charge in [0.2, 0.25) is 0 Å². The molecule has 0 bridgehead atoms. The number of halogens is 3. The van der Waals surface area contributed by atoms with Gasteiger partial charge in [0.05, 0.1) is 17.3 Å². The first-order valence-electron chi connectivity index (χ1n) is 9.19. The Bertz CT molecular complexity index is 1050. The molecule has 1 heterocycles. The summed E-state index contributed by atoms with van der Waals surface area (Å²) >= 11 is 0. The second-order valence-corrected chi connectivity index (χ2v) is 6.52. The maximum absolute atomic E-state index is 13.2. The molecule has 1 amide bonds. The number of benzene rings is 2. The number of nitrogens with one attached hydrogen (secondary N) is 1. The van der Waals surface area contributed by atoms with Crippen LogP contribution in [-0.4, -0.2) is 23.3 Å². The van der Waals surface area contributed by atoms with E-state index in [1.54, 1.807) is 30.5 Å². The molecule has 0 aliphatic heterocycles.